The Morgan fingerprint density at radius 2 is 1.73 bits per heavy atom. The smallest absolute Gasteiger partial charge is 0.139 e. The van der Waals surface area contributed by atoms with Gasteiger partial charge in [0, 0.05) is 29.9 Å². The molecule has 0 spiro atoms. The summed E-state index contributed by atoms with van der Waals surface area (Å²) >= 11 is 0. The number of pyridine rings is 2. The van der Waals surface area contributed by atoms with E-state index in [4.69, 9.17) is 4.74 Å². The third-order valence-corrected chi connectivity index (χ3v) is 4.15. The van der Waals surface area contributed by atoms with Crippen LogP contribution in [-0.4, -0.2) is 16.7 Å². The molecule has 0 bridgehead atoms. The molecule has 2 aromatic carbocycles. The third kappa shape index (κ3) is 3.71. The fourth-order valence-electron chi connectivity index (χ4n) is 2.90. The zero-order chi connectivity index (χ0) is 17.6. The van der Waals surface area contributed by atoms with E-state index in [-0.39, 0.29) is 0 Å². The Bertz CT molecular complexity index is 997. The molecule has 128 valence electrons. The zero-order valence-corrected chi connectivity index (χ0v) is 14.3. The molecule has 0 aliphatic rings. The Balaban J connectivity index is 1.46. The molecule has 1 N–H and O–H groups in total. The highest BCUT2D eigenvalue weighted by Gasteiger charge is 2.06. The number of fused-ring (bicyclic) bond motifs is 1. The van der Waals surface area contributed by atoms with Crippen molar-refractivity contribution in [1.82, 2.24) is 15.3 Å². The van der Waals surface area contributed by atoms with E-state index < -0.39 is 0 Å². The maximum atomic E-state index is 5.84. The summed E-state index contributed by atoms with van der Waals surface area (Å²) in [5.41, 5.74) is 3.00. The minimum absolute atomic E-state index is 0.420. The summed E-state index contributed by atoms with van der Waals surface area (Å²) in [5.74, 6) is 0.811. The van der Waals surface area contributed by atoms with E-state index in [2.05, 4.69) is 33.5 Å². The SMILES string of the molecule is c1ccc(CNCOc2cccc(-c3nccc4ccccc34)c2)nc1. The van der Waals surface area contributed by atoms with Crippen molar-refractivity contribution in [3.8, 4) is 17.0 Å². The summed E-state index contributed by atoms with van der Waals surface area (Å²) in [6.45, 7) is 1.09. The van der Waals surface area contributed by atoms with Crippen LogP contribution in [0.25, 0.3) is 22.0 Å². The van der Waals surface area contributed by atoms with E-state index in [0.29, 0.717) is 13.3 Å². The molecule has 4 aromatic rings. The van der Waals surface area contributed by atoms with Gasteiger partial charge in [-0.25, -0.2) is 0 Å². The van der Waals surface area contributed by atoms with Gasteiger partial charge in [0.1, 0.15) is 12.5 Å². The molecular weight excluding hydrogens is 322 g/mol. The van der Waals surface area contributed by atoms with Gasteiger partial charge in [-0.15, -0.1) is 0 Å². The van der Waals surface area contributed by atoms with Gasteiger partial charge in [0.05, 0.1) is 11.4 Å². The third-order valence-electron chi connectivity index (χ3n) is 4.15. The molecule has 0 radical (unpaired) electrons. The molecule has 4 nitrogen and oxygen atoms in total. The zero-order valence-electron chi connectivity index (χ0n) is 14.3. The number of rotatable bonds is 6. The number of nitrogens with zero attached hydrogens (tertiary/aromatic N) is 2. The van der Waals surface area contributed by atoms with Gasteiger partial charge < -0.3 is 4.74 Å². The second-order valence-electron chi connectivity index (χ2n) is 5.95. The van der Waals surface area contributed by atoms with Crippen LogP contribution in [-0.2, 0) is 6.54 Å². The molecule has 4 heteroatoms. The lowest BCUT2D eigenvalue weighted by molar-refractivity contribution is 0.281. The molecule has 0 atom stereocenters. The summed E-state index contributed by atoms with van der Waals surface area (Å²) < 4.78 is 5.84. The van der Waals surface area contributed by atoms with Gasteiger partial charge >= 0.3 is 0 Å². The molecule has 0 saturated carbocycles. The van der Waals surface area contributed by atoms with Gasteiger partial charge in [0.25, 0.3) is 0 Å². The molecule has 0 aliphatic heterocycles. The molecule has 2 heterocycles. The monoisotopic (exact) mass is 341 g/mol. The molecule has 0 amide bonds. The number of hydrogen-bond acceptors (Lipinski definition) is 4. The van der Waals surface area contributed by atoms with Crippen LogP contribution in [0.15, 0.2) is 85.2 Å². The fraction of sp³-hybridized carbons (Fsp3) is 0.0909. The minimum Gasteiger partial charge on any atom is -0.478 e. The Kier molecular flexibility index (Phi) is 4.85. The van der Waals surface area contributed by atoms with Crippen molar-refractivity contribution >= 4 is 10.8 Å². The van der Waals surface area contributed by atoms with Crippen LogP contribution in [0.5, 0.6) is 5.75 Å². The van der Waals surface area contributed by atoms with Crippen molar-refractivity contribution in [2.24, 2.45) is 0 Å². The highest BCUT2D eigenvalue weighted by Crippen LogP contribution is 2.28. The molecule has 0 fully saturated rings. The predicted molar refractivity (Wildman–Crippen MR) is 104 cm³/mol. The van der Waals surface area contributed by atoms with Crippen LogP contribution in [0.3, 0.4) is 0 Å². The van der Waals surface area contributed by atoms with E-state index in [1.54, 1.807) is 6.20 Å². The molecular formula is C22H19N3O. The Hall–Kier alpha value is -3.24. The number of nitrogens with one attached hydrogen (secondary N) is 1. The van der Waals surface area contributed by atoms with E-state index in [9.17, 15) is 0 Å². The standard InChI is InChI=1S/C22H19N3O/c1-2-10-21-17(6-1)11-13-25-22(21)18-7-5-9-20(14-18)26-16-23-15-19-8-3-4-12-24-19/h1-14,23H,15-16H2. The van der Waals surface area contributed by atoms with Crippen LogP contribution in [0.2, 0.25) is 0 Å². The second-order valence-corrected chi connectivity index (χ2v) is 5.95. The van der Waals surface area contributed by atoms with Crippen LogP contribution in [0.4, 0.5) is 0 Å². The quantitative estimate of drug-likeness (QED) is 0.416. The first-order valence-corrected chi connectivity index (χ1v) is 8.58. The van der Waals surface area contributed by atoms with Crippen molar-refractivity contribution in [2.45, 2.75) is 6.54 Å². The van der Waals surface area contributed by atoms with Crippen molar-refractivity contribution < 1.29 is 4.74 Å². The van der Waals surface area contributed by atoms with Crippen molar-refractivity contribution in [2.75, 3.05) is 6.73 Å². The highest BCUT2D eigenvalue weighted by atomic mass is 16.5. The molecule has 26 heavy (non-hydrogen) atoms. The van der Waals surface area contributed by atoms with E-state index >= 15 is 0 Å². The van der Waals surface area contributed by atoms with Gasteiger partial charge in [-0.05, 0) is 35.7 Å². The lowest BCUT2D eigenvalue weighted by Crippen LogP contribution is -2.20. The lowest BCUT2D eigenvalue weighted by Gasteiger charge is -2.10. The Morgan fingerprint density at radius 1 is 0.808 bits per heavy atom. The minimum atomic E-state index is 0.420. The Morgan fingerprint density at radius 3 is 2.65 bits per heavy atom. The van der Waals surface area contributed by atoms with Gasteiger partial charge in [0.15, 0.2) is 0 Å². The topological polar surface area (TPSA) is 47.0 Å². The van der Waals surface area contributed by atoms with E-state index in [1.807, 2.05) is 60.8 Å². The molecule has 2 aromatic heterocycles. The average Bonchev–Trinajstić information content (AvgIpc) is 2.72. The van der Waals surface area contributed by atoms with Crippen molar-refractivity contribution in [3.05, 3.63) is 90.9 Å². The first kappa shape index (κ1) is 16.2. The van der Waals surface area contributed by atoms with Crippen LogP contribution >= 0.6 is 0 Å². The summed E-state index contributed by atoms with van der Waals surface area (Å²) in [5, 5.41) is 5.56. The van der Waals surface area contributed by atoms with Crippen LogP contribution < -0.4 is 10.1 Å². The molecule has 0 saturated heterocycles. The largest absolute Gasteiger partial charge is 0.478 e. The molecule has 0 aliphatic carbocycles. The summed E-state index contributed by atoms with van der Waals surface area (Å²) in [4.78, 5) is 8.85. The van der Waals surface area contributed by atoms with Crippen LogP contribution in [0.1, 0.15) is 5.69 Å². The molecule has 4 rings (SSSR count). The summed E-state index contributed by atoms with van der Waals surface area (Å²) in [6.07, 6.45) is 3.64. The van der Waals surface area contributed by atoms with E-state index in [1.165, 1.54) is 5.39 Å². The lowest BCUT2D eigenvalue weighted by atomic mass is 10.0. The normalized spacial score (nSPS) is 10.8. The van der Waals surface area contributed by atoms with Gasteiger partial charge in [-0.1, -0.05) is 42.5 Å². The van der Waals surface area contributed by atoms with Crippen molar-refractivity contribution in [3.63, 3.8) is 0 Å². The van der Waals surface area contributed by atoms with Crippen molar-refractivity contribution in [1.29, 1.82) is 0 Å². The number of hydrogen-bond donors (Lipinski definition) is 1. The fourth-order valence-corrected chi connectivity index (χ4v) is 2.90. The Labute approximate surface area is 152 Å². The van der Waals surface area contributed by atoms with Gasteiger partial charge in [-0.3, -0.25) is 15.3 Å². The average molecular weight is 341 g/mol. The van der Waals surface area contributed by atoms with E-state index in [0.717, 1.165) is 28.1 Å². The summed E-state index contributed by atoms with van der Waals surface area (Å²) in [6, 6.07) is 24.2. The number of benzene rings is 2. The number of aromatic nitrogens is 2. The molecule has 0 unspecified atom stereocenters. The summed E-state index contributed by atoms with van der Waals surface area (Å²) in [7, 11) is 0. The van der Waals surface area contributed by atoms with Gasteiger partial charge in [-0.2, -0.15) is 0 Å². The maximum absolute atomic E-state index is 5.84. The van der Waals surface area contributed by atoms with Crippen LogP contribution in [0, 0.1) is 0 Å². The highest BCUT2D eigenvalue weighted by molar-refractivity contribution is 5.94. The number of ether oxygens (including phenoxy) is 1. The second kappa shape index (κ2) is 7.76. The predicted octanol–water partition coefficient (Wildman–Crippen LogP) is 4.42. The van der Waals surface area contributed by atoms with Gasteiger partial charge in [0.2, 0.25) is 0 Å². The maximum Gasteiger partial charge on any atom is 0.139 e. The first-order chi connectivity index (χ1) is 12.9. The first-order valence-electron chi connectivity index (χ1n) is 8.58.